The average molecular weight is 510 g/mol. The van der Waals surface area contributed by atoms with Crippen molar-refractivity contribution >= 4 is 29.1 Å². The van der Waals surface area contributed by atoms with Gasteiger partial charge in [0.2, 0.25) is 5.91 Å². The summed E-state index contributed by atoms with van der Waals surface area (Å²) in [6.07, 6.45) is 0.248. The van der Waals surface area contributed by atoms with Gasteiger partial charge in [-0.05, 0) is 59.7 Å². The third-order valence-corrected chi connectivity index (χ3v) is 6.28. The summed E-state index contributed by atoms with van der Waals surface area (Å²) in [4.78, 5) is 29.6. The minimum Gasteiger partial charge on any atom is -0.379 e. The standard InChI is InChI=1S/C28H29ClFN3O3/c29-24-8-6-23(7-9-24)28(35)33(20-22-2-1-3-25(30)18-22)26-10-4-21(5-11-26)19-27(34)31-12-13-32-14-16-36-17-15-32/h1-11,18H,12-17,19-20H2,(H,31,34). The van der Waals surface area contributed by atoms with Crippen molar-refractivity contribution in [1.29, 1.82) is 0 Å². The van der Waals surface area contributed by atoms with Gasteiger partial charge in [0, 0.05) is 42.5 Å². The zero-order chi connectivity index (χ0) is 25.3. The van der Waals surface area contributed by atoms with Gasteiger partial charge < -0.3 is 15.0 Å². The second kappa shape index (κ2) is 12.6. The van der Waals surface area contributed by atoms with Crippen LogP contribution in [0.25, 0.3) is 0 Å². The van der Waals surface area contributed by atoms with Gasteiger partial charge in [0.1, 0.15) is 5.82 Å². The van der Waals surface area contributed by atoms with E-state index in [0.29, 0.717) is 28.4 Å². The fourth-order valence-electron chi connectivity index (χ4n) is 4.07. The predicted molar refractivity (Wildman–Crippen MR) is 139 cm³/mol. The van der Waals surface area contributed by atoms with Gasteiger partial charge in [0.05, 0.1) is 26.2 Å². The van der Waals surface area contributed by atoms with Crippen molar-refractivity contribution in [2.45, 2.75) is 13.0 Å². The minimum absolute atomic E-state index is 0.0510. The van der Waals surface area contributed by atoms with Crippen LogP contribution in [0.2, 0.25) is 5.02 Å². The molecule has 0 saturated carbocycles. The van der Waals surface area contributed by atoms with Crippen molar-refractivity contribution in [2.75, 3.05) is 44.3 Å². The first-order valence-corrected chi connectivity index (χ1v) is 12.3. The smallest absolute Gasteiger partial charge is 0.258 e. The fourth-order valence-corrected chi connectivity index (χ4v) is 4.19. The highest BCUT2D eigenvalue weighted by Crippen LogP contribution is 2.22. The highest BCUT2D eigenvalue weighted by Gasteiger charge is 2.19. The van der Waals surface area contributed by atoms with Gasteiger partial charge in [0.25, 0.3) is 5.91 Å². The van der Waals surface area contributed by atoms with Gasteiger partial charge >= 0.3 is 0 Å². The number of hydrogen-bond acceptors (Lipinski definition) is 4. The first-order valence-electron chi connectivity index (χ1n) is 12.0. The molecule has 188 valence electrons. The molecule has 1 aliphatic rings. The molecule has 0 bridgehead atoms. The van der Waals surface area contributed by atoms with Gasteiger partial charge in [-0.3, -0.25) is 14.5 Å². The molecule has 0 aliphatic carbocycles. The highest BCUT2D eigenvalue weighted by molar-refractivity contribution is 6.30. The minimum atomic E-state index is -0.360. The number of morpholine rings is 1. The first kappa shape index (κ1) is 25.8. The van der Waals surface area contributed by atoms with E-state index in [9.17, 15) is 14.0 Å². The molecule has 1 aliphatic heterocycles. The first-order chi connectivity index (χ1) is 17.5. The van der Waals surface area contributed by atoms with Crippen molar-refractivity contribution in [3.63, 3.8) is 0 Å². The molecular weight excluding hydrogens is 481 g/mol. The van der Waals surface area contributed by atoms with Crippen molar-refractivity contribution < 1.29 is 18.7 Å². The lowest BCUT2D eigenvalue weighted by Gasteiger charge is -2.26. The van der Waals surface area contributed by atoms with Gasteiger partial charge in [-0.15, -0.1) is 0 Å². The van der Waals surface area contributed by atoms with Crippen LogP contribution in [-0.4, -0.2) is 56.1 Å². The Balaban J connectivity index is 1.42. The van der Waals surface area contributed by atoms with Crippen LogP contribution in [0.5, 0.6) is 0 Å². The Morgan fingerprint density at radius 2 is 1.69 bits per heavy atom. The molecule has 0 radical (unpaired) electrons. The summed E-state index contributed by atoms with van der Waals surface area (Å²) in [6, 6.07) is 20.1. The number of rotatable bonds is 9. The fraction of sp³-hybridized carbons (Fsp3) is 0.286. The Kier molecular flexibility index (Phi) is 9.06. The molecular formula is C28H29ClFN3O3. The Labute approximate surface area is 215 Å². The van der Waals surface area contributed by atoms with Crippen molar-refractivity contribution in [3.05, 3.63) is 100 Å². The molecule has 36 heavy (non-hydrogen) atoms. The van der Waals surface area contributed by atoms with Crippen molar-refractivity contribution in [3.8, 4) is 0 Å². The zero-order valence-electron chi connectivity index (χ0n) is 20.0. The summed E-state index contributed by atoms with van der Waals surface area (Å²) < 4.78 is 19.1. The molecule has 3 aromatic rings. The van der Waals surface area contributed by atoms with Crippen LogP contribution < -0.4 is 10.2 Å². The Hall–Kier alpha value is -3.26. The lowest BCUT2D eigenvalue weighted by molar-refractivity contribution is -0.120. The molecule has 1 N–H and O–H groups in total. The molecule has 1 heterocycles. The number of nitrogens with one attached hydrogen (secondary N) is 1. The Morgan fingerprint density at radius 3 is 2.39 bits per heavy atom. The van der Waals surface area contributed by atoms with Gasteiger partial charge in [0.15, 0.2) is 0 Å². The number of anilines is 1. The third-order valence-electron chi connectivity index (χ3n) is 6.03. The highest BCUT2D eigenvalue weighted by atomic mass is 35.5. The topological polar surface area (TPSA) is 61.9 Å². The van der Waals surface area contributed by atoms with Crippen molar-refractivity contribution in [2.24, 2.45) is 0 Å². The van der Waals surface area contributed by atoms with E-state index in [1.165, 1.54) is 12.1 Å². The maximum Gasteiger partial charge on any atom is 0.258 e. The monoisotopic (exact) mass is 509 g/mol. The van der Waals surface area contributed by atoms with Crippen LogP contribution in [0.3, 0.4) is 0 Å². The van der Waals surface area contributed by atoms with E-state index in [4.69, 9.17) is 16.3 Å². The molecule has 4 rings (SSSR count). The number of carbonyl (C=O) groups is 2. The van der Waals surface area contributed by atoms with E-state index < -0.39 is 0 Å². The van der Waals surface area contributed by atoms with Crippen LogP contribution in [0, 0.1) is 5.82 Å². The molecule has 1 fully saturated rings. The second-order valence-corrected chi connectivity index (χ2v) is 9.11. The number of ether oxygens (including phenoxy) is 1. The second-order valence-electron chi connectivity index (χ2n) is 8.68. The predicted octanol–water partition coefficient (Wildman–Crippen LogP) is 4.32. The van der Waals surface area contributed by atoms with Gasteiger partial charge in [-0.25, -0.2) is 4.39 Å². The van der Waals surface area contributed by atoms with E-state index in [0.717, 1.165) is 38.4 Å². The molecule has 3 aromatic carbocycles. The number of halogens is 2. The summed E-state index contributed by atoms with van der Waals surface area (Å²) in [5.41, 5.74) is 2.63. The van der Waals surface area contributed by atoms with E-state index in [1.807, 2.05) is 24.3 Å². The Morgan fingerprint density at radius 1 is 0.972 bits per heavy atom. The average Bonchev–Trinajstić information content (AvgIpc) is 2.89. The quantitative estimate of drug-likeness (QED) is 0.467. The summed E-state index contributed by atoms with van der Waals surface area (Å²) in [5, 5.41) is 3.50. The molecule has 2 amide bonds. The maximum atomic E-state index is 13.8. The summed E-state index contributed by atoms with van der Waals surface area (Å²) in [7, 11) is 0. The number of nitrogens with zero attached hydrogens (tertiary/aromatic N) is 2. The normalized spacial score (nSPS) is 13.8. The molecule has 6 nitrogen and oxygen atoms in total. The number of benzene rings is 3. The van der Waals surface area contributed by atoms with E-state index in [2.05, 4.69) is 10.2 Å². The van der Waals surface area contributed by atoms with Crippen LogP contribution in [0.15, 0.2) is 72.8 Å². The zero-order valence-corrected chi connectivity index (χ0v) is 20.7. The van der Waals surface area contributed by atoms with E-state index in [-0.39, 0.29) is 30.6 Å². The maximum absolute atomic E-state index is 13.8. The molecule has 0 atom stereocenters. The van der Waals surface area contributed by atoms with Crippen LogP contribution in [0.4, 0.5) is 10.1 Å². The molecule has 1 saturated heterocycles. The molecule has 0 spiro atoms. The lowest BCUT2D eigenvalue weighted by Crippen LogP contribution is -2.41. The van der Waals surface area contributed by atoms with Crippen molar-refractivity contribution in [1.82, 2.24) is 10.2 Å². The van der Waals surface area contributed by atoms with Gasteiger partial charge in [-0.2, -0.15) is 0 Å². The SMILES string of the molecule is O=C(Cc1ccc(N(Cc2cccc(F)c2)C(=O)c2ccc(Cl)cc2)cc1)NCCN1CCOCC1. The molecule has 8 heteroatoms. The summed E-state index contributed by atoms with van der Waals surface area (Å²) >= 11 is 5.98. The Bertz CT molecular complexity index is 1170. The number of hydrogen-bond donors (Lipinski definition) is 1. The molecule has 0 aromatic heterocycles. The summed E-state index contributed by atoms with van der Waals surface area (Å²) in [6.45, 7) is 4.83. The third kappa shape index (κ3) is 7.37. The number of carbonyl (C=O) groups excluding carboxylic acids is 2. The molecule has 0 unspecified atom stereocenters. The van der Waals surface area contributed by atoms with E-state index in [1.54, 1.807) is 41.3 Å². The largest absolute Gasteiger partial charge is 0.379 e. The van der Waals surface area contributed by atoms with Gasteiger partial charge in [-0.1, -0.05) is 35.9 Å². The van der Waals surface area contributed by atoms with Crippen LogP contribution in [-0.2, 0) is 22.5 Å². The van der Waals surface area contributed by atoms with Crippen LogP contribution in [0.1, 0.15) is 21.5 Å². The van der Waals surface area contributed by atoms with Crippen LogP contribution >= 0.6 is 11.6 Å². The lowest BCUT2D eigenvalue weighted by atomic mass is 10.1. The van der Waals surface area contributed by atoms with E-state index >= 15 is 0 Å². The number of amides is 2. The summed E-state index contributed by atoms with van der Waals surface area (Å²) in [5.74, 6) is -0.643.